The predicted molar refractivity (Wildman–Crippen MR) is 129 cm³/mol. The first-order valence-electron chi connectivity index (χ1n) is 10.8. The monoisotopic (exact) mass is 410 g/mol. The highest BCUT2D eigenvalue weighted by Gasteiger charge is 2.36. The molecule has 0 radical (unpaired) electrons. The lowest BCUT2D eigenvalue weighted by molar-refractivity contribution is 0.0134. The van der Waals surface area contributed by atoms with Crippen molar-refractivity contribution in [2.75, 3.05) is 0 Å². The highest BCUT2D eigenvalue weighted by molar-refractivity contribution is 5.83. The first-order valence-corrected chi connectivity index (χ1v) is 10.8. The third kappa shape index (κ3) is 4.54. The van der Waals surface area contributed by atoms with E-state index in [4.69, 9.17) is 11.5 Å². The molecule has 0 heterocycles. The maximum Gasteiger partial charge on any atom is 0.0919 e. The van der Waals surface area contributed by atoms with Crippen LogP contribution in [0.25, 0.3) is 10.8 Å². The zero-order valence-corrected chi connectivity index (χ0v) is 18.0. The molecule has 0 saturated carbocycles. The van der Waals surface area contributed by atoms with Gasteiger partial charge in [0.25, 0.3) is 0 Å². The van der Waals surface area contributed by atoms with Crippen LogP contribution in [0, 0.1) is 6.92 Å². The Morgan fingerprint density at radius 2 is 1.32 bits per heavy atom. The lowest BCUT2D eigenvalue weighted by Gasteiger charge is -2.36. The normalized spacial score (nSPS) is 14.3. The second-order valence-corrected chi connectivity index (χ2v) is 8.44. The second-order valence-electron chi connectivity index (χ2n) is 8.44. The predicted octanol–water partition coefficient (Wildman–Crippen LogP) is 4.82. The Kier molecular flexibility index (Phi) is 6.19. The molecule has 0 bridgehead atoms. The Hall–Kier alpha value is -2.98. The summed E-state index contributed by atoms with van der Waals surface area (Å²) in [5.41, 5.74) is 16.9. The first-order chi connectivity index (χ1) is 15.0. The highest BCUT2D eigenvalue weighted by atomic mass is 16.3. The number of hydrogen-bond acceptors (Lipinski definition) is 3. The van der Waals surface area contributed by atoms with Crippen molar-refractivity contribution in [3.63, 3.8) is 0 Å². The molecule has 2 atom stereocenters. The Morgan fingerprint density at radius 3 is 2.03 bits per heavy atom. The van der Waals surface area contributed by atoms with Crippen molar-refractivity contribution in [1.29, 1.82) is 0 Å². The average molecular weight is 411 g/mol. The molecule has 31 heavy (non-hydrogen) atoms. The van der Waals surface area contributed by atoms with Gasteiger partial charge in [0.2, 0.25) is 0 Å². The summed E-state index contributed by atoms with van der Waals surface area (Å²) in [5.74, 6) is 0. The molecule has 0 saturated heterocycles. The Balaban J connectivity index is 1.77. The van der Waals surface area contributed by atoms with E-state index in [0.717, 1.165) is 38.6 Å². The quantitative estimate of drug-likeness (QED) is 0.409. The van der Waals surface area contributed by atoms with Gasteiger partial charge >= 0.3 is 0 Å². The van der Waals surface area contributed by atoms with Gasteiger partial charge in [0.1, 0.15) is 0 Å². The van der Waals surface area contributed by atoms with Gasteiger partial charge in [0.05, 0.1) is 11.6 Å². The fourth-order valence-electron chi connectivity index (χ4n) is 4.39. The van der Waals surface area contributed by atoms with Crippen molar-refractivity contribution in [2.24, 2.45) is 11.5 Å². The molecule has 0 aliphatic heterocycles. The van der Waals surface area contributed by atoms with Crippen LogP contribution in [0.3, 0.4) is 0 Å². The number of fused-ring (bicyclic) bond motifs is 1. The second kappa shape index (κ2) is 9.03. The minimum Gasteiger partial charge on any atom is -0.387 e. The van der Waals surface area contributed by atoms with Crippen LogP contribution in [0.5, 0.6) is 0 Å². The number of benzene rings is 4. The van der Waals surface area contributed by atoms with Gasteiger partial charge in [-0.25, -0.2) is 0 Å². The summed E-state index contributed by atoms with van der Waals surface area (Å²) in [6, 6.07) is 30.1. The number of hydrogen-bond donors (Lipinski definition) is 3. The van der Waals surface area contributed by atoms with Gasteiger partial charge in [-0.1, -0.05) is 84.9 Å². The van der Waals surface area contributed by atoms with E-state index in [1.165, 1.54) is 0 Å². The van der Waals surface area contributed by atoms with Crippen molar-refractivity contribution < 1.29 is 5.11 Å². The maximum absolute atomic E-state index is 12.1. The van der Waals surface area contributed by atoms with Crippen LogP contribution >= 0.6 is 0 Å². The van der Waals surface area contributed by atoms with Crippen molar-refractivity contribution in [3.05, 3.63) is 119 Å². The van der Waals surface area contributed by atoms with E-state index in [1.54, 1.807) is 0 Å². The number of nitrogens with two attached hydrogens (primary N) is 2. The lowest BCUT2D eigenvalue weighted by atomic mass is 9.77. The summed E-state index contributed by atoms with van der Waals surface area (Å²) in [6.07, 6.45) is 0.898. The summed E-state index contributed by atoms with van der Waals surface area (Å²) in [6.45, 7) is 2.51. The van der Waals surface area contributed by atoms with Crippen LogP contribution in [0.4, 0.5) is 0 Å². The van der Waals surface area contributed by atoms with Crippen LogP contribution in [0.2, 0.25) is 0 Å². The lowest BCUT2D eigenvalue weighted by Crippen LogP contribution is -2.45. The standard InChI is InChI=1S/C28H30N2O/c1-20-8-2-3-11-24(20)17-28(31,18-25-12-6-7-13-26(25)19-29)27(30)23-15-14-21-9-4-5-10-22(21)16-23/h2-16,27,31H,17-19,29-30H2,1H3. The van der Waals surface area contributed by atoms with Gasteiger partial charge in [-0.3, -0.25) is 0 Å². The summed E-state index contributed by atoms with van der Waals surface area (Å²) in [5, 5.41) is 14.4. The fraction of sp³-hybridized carbons (Fsp3) is 0.214. The van der Waals surface area contributed by atoms with E-state index in [0.29, 0.717) is 19.4 Å². The van der Waals surface area contributed by atoms with Crippen LogP contribution in [-0.4, -0.2) is 10.7 Å². The Morgan fingerprint density at radius 1 is 0.742 bits per heavy atom. The topological polar surface area (TPSA) is 72.3 Å². The first kappa shape index (κ1) is 21.3. The van der Waals surface area contributed by atoms with Crippen LogP contribution < -0.4 is 11.5 Å². The van der Waals surface area contributed by atoms with E-state index < -0.39 is 11.6 Å². The third-order valence-corrected chi connectivity index (χ3v) is 6.30. The molecule has 4 rings (SSSR count). The minimum atomic E-state index is -1.17. The molecule has 0 fully saturated rings. The number of aliphatic hydroxyl groups is 1. The van der Waals surface area contributed by atoms with Gasteiger partial charge < -0.3 is 16.6 Å². The molecule has 0 spiro atoms. The Labute approximate surface area is 184 Å². The highest BCUT2D eigenvalue weighted by Crippen LogP contribution is 2.34. The van der Waals surface area contributed by atoms with E-state index in [9.17, 15) is 5.11 Å². The molecule has 4 aromatic carbocycles. The molecule has 158 valence electrons. The van der Waals surface area contributed by atoms with Gasteiger partial charge in [-0.15, -0.1) is 0 Å². The fourth-order valence-corrected chi connectivity index (χ4v) is 4.39. The van der Waals surface area contributed by atoms with Gasteiger partial charge in [-0.05, 0) is 51.6 Å². The molecule has 3 nitrogen and oxygen atoms in total. The van der Waals surface area contributed by atoms with Gasteiger partial charge in [-0.2, -0.15) is 0 Å². The van der Waals surface area contributed by atoms with E-state index >= 15 is 0 Å². The van der Waals surface area contributed by atoms with Crippen molar-refractivity contribution in [3.8, 4) is 0 Å². The van der Waals surface area contributed by atoms with Crippen LogP contribution in [-0.2, 0) is 19.4 Å². The SMILES string of the molecule is Cc1ccccc1CC(O)(Cc1ccccc1CN)C(N)c1ccc2ccccc2c1. The summed E-state index contributed by atoms with van der Waals surface area (Å²) in [7, 11) is 0. The van der Waals surface area contributed by atoms with Crippen LogP contribution in [0.15, 0.2) is 91.0 Å². The molecule has 5 N–H and O–H groups in total. The summed E-state index contributed by atoms with van der Waals surface area (Å²) in [4.78, 5) is 0. The zero-order chi connectivity index (χ0) is 21.8. The summed E-state index contributed by atoms with van der Waals surface area (Å²) >= 11 is 0. The van der Waals surface area contributed by atoms with Gasteiger partial charge in [0, 0.05) is 19.4 Å². The molecule has 0 amide bonds. The third-order valence-electron chi connectivity index (χ3n) is 6.30. The minimum absolute atomic E-state index is 0.432. The molecule has 0 aromatic heterocycles. The number of aryl methyl sites for hydroxylation is 1. The van der Waals surface area contributed by atoms with Gasteiger partial charge in [0.15, 0.2) is 0 Å². The zero-order valence-electron chi connectivity index (χ0n) is 18.0. The molecule has 4 aromatic rings. The van der Waals surface area contributed by atoms with E-state index in [2.05, 4.69) is 43.3 Å². The maximum atomic E-state index is 12.1. The molecule has 0 aliphatic carbocycles. The molecule has 2 unspecified atom stereocenters. The molecular formula is C28H30N2O. The van der Waals surface area contributed by atoms with Crippen molar-refractivity contribution >= 4 is 10.8 Å². The van der Waals surface area contributed by atoms with E-state index in [1.807, 2.05) is 54.6 Å². The molecular weight excluding hydrogens is 380 g/mol. The molecule has 0 aliphatic rings. The average Bonchev–Trinajstić information content (AvgIpc) is 2.80. The smallest absolute Gasteiger partial charge is 0.0919 e. The van der Waals surface area contributed by atoms with E-state index in [-0.39, 0.29) is 0 Å². The molecule has 3 heteroatoms. The van der Waals surface area contributed by atoms with Crippen LogP contribution in [0.1, 0.15) is 33.9 Å². The van der Waals surface area contributed by atoms with Crippen molar-refractivity contribution in [2.45, 2.75) is 38.0 Å². The largest absolute Gasteiger partial charge is 0.387 e. The summed E-state index contributed by atoms with van der Waals surface area (Å²) < 4.78 is 0. The Bertz CT molecular complexity index is 1190. The van der Waals surface area contributed by atoms with Crippen molar-refractivity contribution in [1.82, 2.24) is 0 Å². The number of rotatable bonds is 7.